The molecule has 0 radical (unpaired) electrons. The molecule has 19 heavy (non-hydrogen) atoms. The van der Waals surface area contributed by atoms with Gasteiger partial charge in [-0.2, -0.15) is 5.10 Å². The Morgan fingerprint density at radius 1 is 1.32 bits per heavy atom. The minimum Gasteiger partial charge on any atom is -0.299 e. The highest BCUT2D eigenvalue weighted by Gasteiger charge is 2.11. The molecule has 4 heteroatoms. The minimum atomic E-state index is 0.223. The van der Waals surface area contributed by atoms with E-state index in [0.717, 1.165) is 23.5 Å². The van der Waals surface area contributed by atoms with Gasteiger partial charge in [-0.25, -0.2) is 0 Å². The molecule has 0 fully saturated rings. The van der Waals surface area contributed by atoms with Crippen LogP contribution in [0.3, 0.4) is 0 Å². The SMILES string of the molecule is Cc1nn(C)c(C)c1CCC(=O)Cc1ccccn1. The molecule has 0 unspecified atom stereocenters. The van der Waals surface area contributed by atoms with E-state index in [-0.39, 0.29) is 5.78 Å². The second-order valence-electron chi connectivity index (χ2n) is 4.81. The van der Waals surface area contributed by atoms with Gasteiger partial charge >= 0.3 is 0 Å². The van der Waals surface area contributed by atoms with Crippen molar-refractivity contribution in [2.24, 2.45) is 7.05 Å². The number of aromatic nitrogens is 3. The van der Waals surface area contributed by atoms with Crippen molar-refractivity contribution >= 4 is 5.78 Å². The highest BCUT2D eigenvalue weighted by Crippen LogP contribution is 2.14. The molecule has 100 valence electrons. The van der Waals surface area contributed by atoms with Gasteiger partial charge in [0.1, 0.15) is 5.78 Å². The molecule has 2 aromatic heterocycles. The second kappa shape index (κ2) is 5.78. The van der Waals surface area contributed by atoms with Crippen LogP contribution >= 0.6 is 0 Å². The summed E-state index contributed by atoms with van der Waals surface area (Å²) in [6, 6.07) is 5.65. The fourth-order valence-corrected chi connectivity index (χ4v) is 2.24. The average Bonchev–Trinajstić information content (AvgIpc) is 2.62. The molecule has 0 aliphatic carbocycles. The van der Waals surface area contributed by atoms with Crippen LogP contribution < -0.4 is 0 Å². The maximum absolute atomic E-state index is 11.9. The highest BCUT2D eigenvalue weighted by atomic mass is 16.1. The van der Waals surface area contributed by atoms with Crippen molar-refractivity contribution in [2.45, 2.75) is 33.1 Å². The van der Waals surface area contributed by atoms with Crippen LogP contribution in [0.1, 0.15) is 29.1 Å². The first-order valence-electron chi connectivity index (χ1n) is 6.48. The summed E-state index contributed by atoms with van der Waals surface area (Å²) in [6.45, 7) is 4.03. The van der Waals surface area contributed by atoms with Crippen molar-refractivity contribution in [1.29, 1.82) is 0 Å². The Labute approximate surface area is 113 Å². The van der Waals surface area contributed by atoms with Crippen LogP contribution in [-0.2, 0) is 24.7 Å². The van der Waals surface area contributed by atoms with E-state index < -0.39 is 0 Å². The topological polar surface area (TPSA) is 47.8 Å². The number of nitrogens with zero attached hydrogens (tertiary/aromatic N) is 3. The number of hydrogen-bond donors (Lipinski definition) is 0. The van der Waals surface area contributed by atoms with E-state index in [1.165, 1.54) is 5.56 Å². The Kier molecular flexibility index (Phi) is 4.10. The van der Waals surface area contributed by atoms with Gasteiger partial charge in [0.2, 0.25) is 0 Å². The molecular formula is C15H19N3O. The van der Waals surface area contributed by atoms with Crippen LogP contribution in [0.2, 0.25) is 0 Å². The van der Waals surface area contributed by atoms with Crippen LogP contribution in [-0.4, -0.2) is 20.5 Å². The second-order valence-corrected chi connectivity index (χ2v) is 4.81. The van der Waals surface area contributed by atoms with E-state index in [2.05, 4.69) is 10.1 Å². The lowest BCUT2D eigenvalue weighted by molar-refractivity contribution is -0.118. The molecule has 2 aromatic rings. The molecule has 2 rings (SSSR count). The molecule has 2 heterocycles. The maximum atomic E-state index is 11.9. The first-order valence-corrected chi connectivity index (χ1v) is 6.48. The number of carbonyl (C=O) groups is 1. The zero-order chi connectivity index (χ0) is 13.8. The summed E-state index contributed by atoms with van der Waals surface area (Å²) >= 11 is 0. The fraction of sp³-hybridized carbons (Fsp3) is 0.400. The summed E-state index contributed by atoms with van der Waals surface area (Å²) in [5, 5.41) is 4.37. The molecule has 0 saturated heterocycles. The molecule has 0 saturated carbocycles. The van der Waals surface area contributed by atoms with E-state index in [0.29, 0.717) is 12.8 Å². The number of hydrogen-bond acceptors (Lipinski definition) is 3. The molecule has 4 nitrogen and oxygen atoms in total. The van der Waals surface area contributed by atoms with Gasteiger partial charge in [-0.05, 0) is 38.0 Å². The Bertz CT molecular complexity index is 573. The van der Waals surface area contributed by atoms with Crippen LogP contribution in [0.5, 0.6) is 0 Å². The summed E-state index contributed by atoms with van der Waals surface area (Å²) in [7, 11) is 1.93. The van der Waals surface area contributed by atoms with Gasteiger partial charge in [-0.1, -0.05) is 6.07 Å². The smallest absolute Gasteiger partial charge is 0.139 e. The van der Waals surface area contributed by atoms with Crippen LogP contribution in [0.4, 0.5) is 0 Å². The average molecular weight is 257 g/mol. The number of pyridine rings is 1. The van der Waals surface area contributed by atoms with Crippen LogP contribution in [0, 0.1) is 13.8 Å². The third kappa shape index (κ3) is 3.28. The molecule has 0 aliphatic rings. The zero-order valence-corrected chi connectivity index (χ0v) is 11.7. The zero-order valence-electron chi connectivity index (χ0n) is 11.7. The lowest BCUT2D eigenvalue weighted by atomic mass is 10.0. The van der Waals surface area contributed by atoms with Crippen LogP contribution in [0.15, 0.2) is 24.4 Å². The summed E-state index contributed by atoms with van der Waals surface area (Å²) in [5.41, 5.74) is 4.19. The number of rotatable bonds is 5. The van der Waals surface area contributed by atoms with Gasteiger partial charge in [0, 0.05) is 37.5 Å². The molecule has 0 bridgehead atoms. The summed E-state index contributed by atoms with van der Waals surface area (Å²) in [6.07, 6.45) is 3.44. The molecule has 0 aromatic carbocycles. The van der Waals surface area contributed by atoms with Gasteiger partial charge in [-0.15, -0.1) is 0 Å². The lowest BCUT2D eigenvalue weighted by Crippen LogP contribution is -2.06. The van der Waals surface area contributed by atoms with Gasteiger partial charge in [0.05, 0.1) is 5.69 Å². The van der Waals surface area contributed by atoms with Crippen molar-refractivity contribution in [3.63, 3.8) is 0 Å². The summed E-state index contributed by atoms with van der Waals surface area (Å²) in [5.74, 6) is 0.223. The van der Waals surface area contributed by atoms with Crippen LogP contribution in [0.25, 0.3) is 0 Å². The fourth-order valence-electron chi connectivity index (χ4n) is 2.24. The highest BCUT2D eigenvalue weighted by molar-refractivity contribution is 5.80. The first-order chi connectivity index (χ1) is 9.08. The Hall–Kier alpha value is -1.97. The third-order valence-electron chi connectivity index (χ3n) is 3.42. The van der Waals surface area contributed by atoms with E-state index in [1.807, 2.05) is 43.8 Å². The molecule has 0 amide bonds. The third-order valence-corrected chi connectivity index (χ3v) is 3.42. The van der Waals surface area contributed by atoms with Crippen molar-refractivity contribution in [3.05, 3.63) is 47.0 Å². The predicted molar refractivity (Wildman–Crippen MR) is 74.0 cm³/mol. The normalized spacial score (nSPS) is 10.7. The van der Waals surface area contributed by atoms with E-state index >= 15 is 0 Å². The maximum Gasteiger partial charge on any atom is 0.139 e. The number of Topliss-reactive ketones (excluding diaryl/α,β-unsaturated/α-hetero) is 1. The Morgan fingerprint density at radius 3 is 2.68 bits per heavy atom. The van der Waals surface area contributed by atoms with E-state index in [4.69, 9.17) is 0 Å². The summed E-state index contributed by atoms with van der Waals surface area (Å²) < 4.78 is 1.87. The molecule has 0 N–H and O–H groups in total. The molecular weight excluding hydrogens is 238 g/mol. The summed E-state index contributed by atoms with van der Waals surface area (Å²) in [4.78, 5) is 16.1. The van der Waals surface area contributed by atoms with Crippen molar-refractivity contribution in [2.75, 3.05) is 0 Å². The standard InChI is InChI=1S/C15H19N3O/c1-11-15(12(2)18(3)17-11)8-7-14(19)10-13-6-4-5-9-16-13/h4-6,9H,7-8,10H2,1-3H3. The van der Waals surface area contributed by atoms with Gasteiger partial charge in [-0.3, -0.25) is 14.5 Å². The van der Waals surface area contributed by atoms with Gasteiger partial charge in [0.15, 0.2) is 0 Å². The minimum absolute atomic E-state index is 0.223. The van der Waals surface area contributed by atoms with Crippen molar-refractivity contribution in [3.8, 4) is 0 Å². The number of ketones is 1. The predicted octanol–water partition coefficient (Wildman–Crippen LogP) is 2.18. The number of aryl methyl sites for hydroxylation is 2. The first kappa shape index (κ1) is 13.5. The quantitative estimate of drug-likeness (QED) is 0.824. The lowest BCUT2D eigenvalue weighted by Gasteiger charge is -2.02. The Morgan fingerprint density at radius 2 is 2.11 bits per heavy atom. The Balaban J connectivity index is 1.94. The largest absolute Gasteiger partial charge is 0.299 e. The van der Waals surface area contributed by atoms with Crippen molar-refractivity contribution in [1.82, 2.24) is 14.8 Å². The van der Waals surface area contributed by atoms with Gasteiger partial charge in [0.25, 0.3) is 0 Å². The van der Waals surface area contributed by atoms with Gasteiger partial charge < -0.3 is 0 Å². The molecule has 0 atom stereocenters. The molecule has 0 spiro atoms. The number of carbonyl (C=O) groups excluding carboxylic acids is 1. The molecule has 0 aliphatic heterocycles. The monoisotopic (exact) mass is 257 g/mol. The van der Waals surface area contributed by atoms with E-state index in [1.54, 1.807) is 6.20 Å². The van der Waals surface area contributed by atoms with E-state index in [9.17, 15) is 4.79 Å². The van der Waals surface area contributed by atoms with Crippen molar-refractivity contribution < 1.29 is 4.79 Å².